The Morgan fingerprint density at radius 2 is 1.58 bits per heavy atom. The van der Waals surface area contributed by atoms with Gasteiger partial charge in [-0.05, 0) is 42.3 Å². The molecule has 1 saturated carbocycles. The van der Waals surface area contributed by atoms with E-state index in [-0.39, 0.29) is 11.7 Å². The van der Waals surface area contributed by atoms with Crippen LogP contribution >= 0.6 is 0 Å². The zero-order valence-corrected chi connectivity index (χ0v) is 17.4. The van der Waals surface area contributed by atoms with Crippen molar-refractivity contribution < 1.29 is 22.7 Å². The summed E-state index contributed by atoms with van der Waals surface area (Å²) in [5, 5.41) is 3.37. The number of likely N-dealkylation sites (N-methyl/N-ethyl adjacent to an activating group) is 1. The van der Waals surface area contributed by atoms with E-state index in [1.54, 1.807) is 12.1 Å². The predicted octanol–water partition coefficient (Wildman–Crippen LogP) is 3.47. The van der Waals surface area contributed by atoms with E-state index in [0.29, 0.717) is 18.5 Å². The van der Waals surface area contributed by atoms with Crippen molar-refractivity contribution in [2.24, 2.45) is 0 Å². The van der Waals surface area contributed by atoms with Crippen LogP contribution in [0.1, 0.15) is 17.9 Å². The lowest BCUT2D eigenvalue weighted by atomic mass is 10.0. The third kappa shape index (κ3) is 5.77. The second-order valence-corrected chi connectivity index (χ2v) is 8.21. The summed E-state index contributed by atoms with van der Waals surface area (Å²) in [5.41, 5.74) is 2.95. The number of ether oxygens (including phenoxy) is 1. The maximum atomic E-state index is 12.4. The molecule has 1 amide bonds. The molecule has 2 fully saturated rings. The molecule has 1 saturated heterocycles. The van der Waals surface area contributed by atoms with Crippen molar-refractivity contribution in [3.05, 3.63) is 54.1 Å². The molecule has 5 nitrogen and oxygen atoms in total. The van der Waals surface area contributed by atoms with Crippen LogP contribution in [0.2, 0.25) is 0 Å². The van der Waals surface area contributed by atoms with Crippen LogP contribution in [0.5, 0.6) is 5.75 Å². The number of piperazine rings is 1. The van der Waals surface area contributed by atoms with Crippen LogP contribution in [0.3, 0.4) is 0 Å². The van der Waals surface area contributed by atoms with Gasteiger partial charge in [0.1, 0.15) is 5.75 Å². The van der Waals surface area contributed by atoms with Crippen molar-refractivity contribution in [3.8, 4) is 16.9 Å². The number of nitrogens with one attached hydrogen (secondary N) is 1. The van der Waals surface area contributed by atoms with Gasteiger partial charge < -0.3 is 19.9 Å². The van der Waals surface area contributed by atoms with Gasteiger partial charge in [0.25, 0.3) is 0 Å². The lowest BCUT2D eigenvalue weighted by Crippen LogP contribution is -2.49. The van der Waals surface area contributed by atoms with Crippen LogP contribution in [-0.4, -0.2) is 67.9 Å². The van der Waals surface area contributed by atoms with Crippen LogP contribution < -0.4 is 10.1 Å². The lowest BCUT2D eigenvalue weighted by Gasteiger charge is -2.32. The van der Waals surface area contributed by atoms with Crippen molar-refractivity contribution in [1.82, 2.24) is 15.1 Å². The summed E-state index contributed by atoms with van der Waals surface area (Å²) < 4.78 is 40.8. The summed E-state index contributed by atoms with van der Waals surface area (Å²) in [6.07, 6.45) is -3.69. The van der Waals surface area contributed by atoms with Gasteiger partial charge in [-0.2, -0.15) is 0 Å². The van der Waals surface area contributed by atoms with E-state index in [4.69, 9.17) is 0 Å². The fourth-order valence-electron chi connectivity index (χ4n) is 3.95. The van der Waals surface area contributed by atoms with Crippen molar-refractivity contribution in [1.29, 1.82) is 0 Å². The molecule has 2 atom stereocenters. The van der Waals surface area contributed by atoms with E-state index in [1.807, 2.05) is 29.2 Å². The van der Waals surface area contributed by atoms with Gasteiger partial charge in [0.2, 0.25) is 5.91 Å². The molecule has 1 N–H and O–H groups in total. The maximum absolute atomic E-state index is 12.4. The molecule has 8 heteroatoms. The highest BCUT2D eigenvalue weighted by atomic mass is 19.4. The van der Waals surface area contributed by atoms with Crippen LogP contribution in [0.25, 0.3) is 11.1 Å². The number of carbonyl (C=O) groups excluding carboxylic acids is 1. The number of nitrogens with zero attached hydrogens (tertiary/aromatic N) is 2. The first-order valence-corrected chi connectivity index (χ1v) is 10.4. The Kier molecular flexibility index (Phi) is 6.20. The predicted molar refractivity (Wildman–Crippen MR) is 112 cm³/mol. The number of hydrogen-bond donors (Lipinski definition) is 1. The lowest BCUT2D eigenvalue weighted by molar-refractivity contribution is -0.274. The highest BCUT2D eigenvalue weighted by molar-refractivity contribution is 5.78. The third-order valence-corrected chi connectivity index (χ3v) is 5.92. The minimum absolute atomic E-state index is 0.159. The minimum Gasteiger partial charge on any atom is -0.406 e. The Balaban J connectivity index is 1.27. The number of alkyl halides is 3. The first kappa shape index (κ1) is 21.6. The summed E-state index contributed by atoms with van der Waals surface area (Å²) in [7, 11) is 2.07. The van der Waals surface area contributed by atoms with Gasteiger partial charge in [0.05, 0.1) is 6.54 Å². The number of halogens is 3. The molecular weight excluding hydrogens is 407 g/mol. The first-order chi connectivity index (χ1) is 14.8. The highest BCUT2D eigenvalue weighted by Crippen LogP contribution is 2.41. The average molecular weight is 433 g/mol. The van der Waals surface area contributed by atoms with Crippen LogP contribution in [0, 0.1) is 0 Å². The van der Waals surface area contributed by atoms with Gasteiger partial charge in [0.15, 0.2) is 0 Å². The quantitative estimate of drug-likeness (QED) is 0.758. The molecule has 2 aromatic carbocycles. The second kappa shape index (κ2) is 8.88. The molecule has 1 heterocycles. The normalized spacial score (nSPS) is 21.7. The van der Waals surface area contributed by atoms with Gasteiger partial charge in [-0.3, -0.25) is 4.79 Å². The Morgan fingerprint density at radius 3 is 2.16 bits per heavy atom. The number of benzene rings is 2. The first-order valence-electron chi connectivity index (χ1n) is 10.4. The SMILES string of the molecule is CN1CCN(C(=O)CN[C@@H]2C[C@H]2c2ccc(-c3ccc(OC(F)(F)F)cc3)cc2)CC1. The summed E-state index contributed by atoms with van der Waals surface area (Å²) in [5.74, 6) is 0.315. The standard InChI is InChI=1S/C23H26F3N3O2/c1-28-10-12-29(13-11-28)22(30)15-27-21-14-20(21)18-4-2-16(3-5-18)17-6-8-19(9-7-17)31-23(24,25)26/h2-9,20-21,27H,10-15H2,1H3/t20-,21+/m0/s1. The Hall–Kier alpha value is -2.58. The molecule has 2 aliphatic rings. The monoisotopic (exact) mass is 433 g/mol. The zero-order valence-electron chi connectivity index (χ0n) is 17.4. The molecule has 1 aliphatic carbocycles. The smallest absolute Gasteiger partial charge is 0.406 e. The fraction of sp³-hybridized carbons (Fsp3) is 0.435. The largest absolute Gasteiger partial charge is 0.573 e. The molecule has 2 aromatic rings. The third-order valence-electron chi connectivity index (χ3n) is 5.92. The second-order valence-electron chi connectivity index (χ2n) is 8.21. The zero-order chi connectivity index (χ0) is 22.0. The fourth-order valence-corrected chi connectivity index (χ4v) is 3.95. The molecule has 0 radical (unpaired) electrons. The van der Waals surface area contributed by atoms with Gasteiger partial charge >= 0.3 is 6.36 Å². The van der Waals surface area contributed by atoms with Gasteiger partial charge in [-0.1, -0.05) is 36.4 Å². The minimum atomic E-state index is -4.69. The van der Waals surface area contributed by atoms with E-state index < -0.39 is 6.36 Å². The number of rotatable bonds is 6. The molecule has 1 aliphatic heterocycles. The van der Waals surface area contributed by atoms with E-state index in [2.05, 4.69) is 22.0 Å². The molecule has 0 spiro atoms. The van der Waals surface area contributed by atoms with Crippen molar-refractivity contribution in [2.45, 2.75) is 24.7 Å². The topological polar surface area (TPSA) is 44.8 Å². The molecular formula is C23H26F3N3O2. The number of amides is 1. The van der Waals surface area contributed by atoms with Crippen LogP contribution in [0.15, 0.2) is 48.5 Å². The highest BCUT2D eigenvalue weighted by Gasteiger charge is 2.38. The Bertz CT molecular complexity index is 892. The van der Waals surface area contributed by atoms with Crippen molar-refractivity contribution in [3.63, 3.8) is 0 Å². The maximum Gasteiger partial charge on any atom is 0.573 e. The van der Waals surface area contributed by atoms with Crippen molar-refractivity contribution >= 4 is 5.91 Å². The van der Waals surface area contributed by atoms with Gasteiger partial charge in [-0.15, -0.1) is 13.2 Å². The number of carbonyl (C=O) groups is 1. The summed E-state index contributed by atoms with van der Waals surface area (Å²) in [6, 6.07) is 14.2. The molecule has 4 rings (SSSR count). The molecule has 0 unspecified atom stereocenters. The summed E-state index contributed by atoms with van der Waals surface area (Å²) in [4.78, 5) is 16.5. The van der Waals surface area contributed by atoms with E-state index in [9.17, 15) is 18.0 Å². The van der Waals surface area contributed by atoms with E-state index in [0.717, 1.165) is 43.7 Å². The Morgan fingerprint density at radius 1 is 1.00 bits per heavy atom. The van der Waals surface area contributed by atoms with Crippen LogP contribution in [-0.2, 0) is 4.79 Å². The van der Waals surface area contributed by atoms with E-state index >= 15 is 0 Å². The van der Waals surface area contributed by atoms with Gasteiger partial charge in [0, 0.05) is 38.1 Å². The average Bonchev–Trinajstić information content (AvgIpc) is 3.52. The summed E-state index contributed by atoms with van der Waals surface area (Å²) >= 11 is 0. The molecule has 0 aromatic heterocycles. The number of hydrogen-bond acceptors (Lipinski definition) is 4. The van der Waals surface area contributed by atoms with Gasteiger partial charge in [-0.25, -0.2) is 0 Å². The van der Waals surface area contributed by atoms with E-state index in [1.165, 1.54) is 17.7 Å². The molecule has 0 bridgehead atoms. The molecule has 166 valence electrons. The molecule has 31 heavy (non-hydrogen) atoms. The summed E-state index contributed by atoms with van der Waals surface area (Å²) in [6.45, 7) is 3.78. The van der Waals surface area contributed by atoms with Crippen molar-refractivity contribution in [2.75, 3.05) is 39.8 Å². The van der Waals surface area contributed by atoms with Crippen LogP contribution in [0.4, 0.5) is 13.2 Å². The Labute approximate surface area is 179 Å².